The summed E-state index contributed by atoms with van der Waals surface area (Å²) in [7, 11) is 3.33. The number of benzene rings is 1. The second-order valence-electron chi connectivity index (χ2n) is 7.36. The van der Waals surface area contributed by atoms with Crippen molar-refractivity contribution in [1.29, 1.82) is 0 Å². The topological polar surface area (TPSA) is 59.8 Å². The van der Waals surface area contributed by atoms with Gasteiger partial charge in [-0.3, -0.25) is 14.4 Å². The van der Waals surface area contributed by atoms with Gasteiger partial charge < -0.3 is 14.4 Å². The zero-order valence-electron chi connectivity index (χ0n) is 17.2. The fourth-order valence-corrected chi connectivity index (χ4v) is 3.58. The van der Waals surface area contributed by atoms with Crippen LogP contribution in [0.2, 0.25) is 0 Å². The number of carbonyl (C=O) groups excluding carboxylic acids is 1. The smallest absolute Gasteiger partial charge is 0.227 e. The van der Waals surface area contributed by atoms with Gasteiger partial charge in [0.05, 0.1) is 32.4 Å². The molecule has 1 fully saturated rings. The summed E-state index contributed by atoms with van der Waals surface area (Å²) in [4.78, 5) is 17.1. The van der Waals surface area contributed by atoms with Crippen molar-refractivity contribution in [1.82, 2.24) is 19.6 Å². The largest absolute Gasteiger partial charge is 0.497 e. The van der Waals surface area contributed by atoms with Crippen molar-refractivity contribution in [3.05, 3.63) is 41.7 Å². The van der Waals surface area contributed by atoms with Crippen molar-refractivity contribution in [2.45, 2.75) is 26.9 Å². The molecule has 3 rings (SSSR count). The van der Waals surface area contributed by atoms with Gasteiger partial charge in [0.15, 0.2) is 0 Å². The molecule has 1 aromatic carbocycles. The Morgan fingerprint density at radius 3 is 2.50 bits per heavy atom. The van der Waals surface area contributed by atoms with E-state index in [1.54, 1.807) is 14.2 Å². The second-order valence-corrected chi connectivity index (χ2v) is 7.36. The minimum atomic E-state index is -0.0764. The van der Waals surface area contributed by atoms with Crippen molar-refractivity contribution >= 4 is 5.91 Å². The average molecular weight is 386 g/mol. The number of hydrogen-bond donors (Lipinski definition) is 0. The second kappa shape index (κ2) is 9.10. The van der Waals surface area contributed by atoms with Crippen LogP contribution in [0, 0.1) is 12.8 Å². The van der Waals surface area contributed by atoms with Crippen molar-refractivity contribution in [2.24, 2.45) is 5.92 Å². The lowest BCUT2D eigenvalue weighted by atomic mass is 10.1. The summed E-state index contributed by atoms with van der Waals surface area (Å²) in [6.45, 7) is 8.57. The van der Waals surface area contributed by atoms with Crippen LogP contribution in [0.3, 0.4) is 0 Å². The molecule has 1 aliphatic rings. The van der Waals surface area contributed by atoms with E-state index in [4.69, 9.17) is 9.47 Å². The first-order chi connectivity index (χ1) is 13.5. The SMILES string of the molecule is COc1ccc(CN2CCN(C(=O)C(C)Cn3ccc(C)n3)CC2)c(OC)c1. The third kappa shape index (κ3) is 4.84. The van der Waals surface area contributed by atoms with E-state index >= 15 is 0 Å². The van der Waals surface area contributed by atoms with Crippen LogP contribution in [-0.2, 0) is 17.9 Å². The quantitative estimate of drug-likeness (QED) is 0.730. The Morgan fingerprint density at radius 1 is 1.14 bits per heavy atom. The molecule has 2 aromatic rings. The number of amides is 1. The molecular weight excluding hydrogens is 356 g/mol. The van der Waals surface area contributed by atoms with Crippen LogP contribution in [0.4, 0.5) is 0 Å². The van der Waals surface area contributed by atoms with E-state index in [9.17, 15) is 4.79 Å². The predicted octanol–water partition coefficient (Wildman–Crippen LogP) is 2.19. The molecule has 1 saturated heterocycles. The number of hydrogen-bond acceptors (Lipinski definition) is 5. The number of piperazine rings is 1. The summed E-state index contributed by atoms with van der Waals surface area (Å²) in [5.41, 5.74) is 2.10. The molecule has 1 atom stereocenters. The number of carbonyl (C=O) groups is 1. The highest BCUT2D eigenvalue weighted by Gasteiger charge is 2.25. The lowest BCUT2D eigenvalue weighted by Gasteiger charge is -2.36. The third-order valence-corrected chi connectivity index (χ3v) is 5.23. The van der Waals surface area contributed by atoms with E-state index in [0.717, 1.165) is 55.5 Å². The van der Waals surface area contributed by atoms with Gasteiger partial charge in [-0.15, -0.1) is 0 Å². The van der Waals surface area contributed by atoms with E-state index < -0.39 is 0 Å². The summed E-state index contributed by atoms with van der Waals surface area (Å²) >= 11 is 0. The zero-order chi connectivity index (χ0) is 20.1. The molecule has 0 radical (unpaired) electrons. The molecule has 28 heavy (non-hydrogen) atoms. The Hall–Kier alpha value is -2.54. The summed E-state index contributed by atoms with van der Waals surface area (Å²) in [5, 5.41) is 4.38. The lowest BCUT2D eigenvalue weighted by molar-refractivity contribution is -0.137. The maximum atomic E-state index is 12.8. The monoisotopic (exact) mass is 386 g/mol. The fraction of sp³-hybridized carbons (Fsp3) is 0.524. The number of nitrogens with zero attached hydrogens (tertiary/aromatic N) is 4. The van der Waals surface area contributed by atoms with Crippen LogP contribution in [0.15, 0.2) is 30.5 Å². The molecule has 0 saturated carbocycles. The molecule has 7 heteroatoms. The van der Waals surface area contributed by atoms with Gasteiger partial charge in [-0.1, -0.05) is 13.0 Å². The van der Waals surface area contributed by atoms with Crippen LogP contribution in [-0.4, -0.2) is 65.9 Å². The third-order valence-electron chi connectivity index (χ3n) is 5.23. The average Bonchev–Trinajstić information content (AvgIpc) is 3.12. The van der Waals surface area contributed by atoms with Crippen LogP contribution in [0.1, 0.15) is 18.2 Å². The summed E-state index contributed by atoms with van der Waals surface area (Å²) in [6, 6.07) is 7.87. The Labute approximate surface area is 166 Å². The predicted molar refractivity (Wildman–Crippen MR) is 108 cm³/mol. The van der Waals surface area contributed by atoms with Crippen LogP contribution in [0.5, 0.6) is 11.5 Å². The van der Waals surface area contributed by atoms with Crippen molar-refractivity contribution in [2.75, 3.05) is 40.4 Å². The van der Waals surface area contributed by atoms with Gasteiger partial charge >= 0.3 is 0 Å². The van der Waals surface area contributed by atoms with E-state index in [1.807, 2.05) is 53.9 Å². The molecule has 1 aliphatic heterocycles. The first kappa shape index (κ1) is 20.2. The number of methoxy groups -OCH3 is 2. The first-order valence-corrected chi connectivity index (χ1v) is 9.72. The van der Waals surface area contributed by atoms with Crippen LogP contribution >= 0.6 is 0 Å². The maximum absolute atomic E-state index is 12.8. The molecule has 1 unspecified atom stereocenters. The summed E-state index contributed by atoms with van der Waals surface area (Å²) < 4.78 is 12.6. The van der Waals surface area contributed by atoms with Crippen molar-refractivity contribution in [3.63, 3.8) is 0 Å². The minimum Gasteiger partial charge on any atom is -0.497 e. The van der Waals surface area contributed by atoms with Gasteiger partial charge in [-0.2, -0.15) is 5.10 Å². The highest BCUT2D eigenvalue weighted by molar-refractivity contribution is 5.78. The Balaban J connectivity index is 1.52. The molecule has 0 spiro atoms. The number of aryl methyl sites for hydroxylation is 1. The molecule has 0 N–H and O–H groups in total. The van der Waals surface area contributed by atoms with Gasteiger partial charge in [-0.25, -0.2) is 0 Å². The van der Waals surface area contributed by atoms with E-state index in [0.29, 0.717) is 6.54 Å². The normalized spacial score (nSPS) is 16.1. The van der Waals surface area contributed by atoms with Gasteiger partial charge in [-0.05, 0) is 19.1 Å². The first-order valence-electron chi connectivity index (χ1n) is 9.72. The molecule has 0 bridgehead atoms. The maximum Gasteiger partial charge on any atom is 0.227 e. The summed E-state index contributed by atoms with van der Waals surface area (Å²) in [6.07, 6.45) is 1.93. The number of ether oxygens (including phenoxy) is 2. The highest BCUT2D eigenvalue weighted by atomic mass is 16.5. The highest BCUT2D eigenvalue weighted by Crippen LogP contribution is 2.26. The Kier molecular flexibility index (Phi) is 6.57. The molecule has 1 amide bonds. The van der Waals surface area contributed by atoms with Crippen molar-refractivity contribution in [3.8, 4) is 11.5 Å². The van der Waals surface area contributed by atoms with Gasteiger partial charge in [0.1, 0.15) is 11.5 Å². The van der Waals surface area contributed by atoms with E-state index in [-0.39, 0.29) is 11.8 Å². The van der Waals surface area contributed by atoms with Crippen molar-refractivity contribution < 1.29 is 14.3 Å². The minimum absolute atomic E-state index is 0.0764. The van der Waals surface area contributed by atoms with Gasteiger partial charge in [0.2, 0.25) is 5.91 Å². The Morgan fingerprint density at radius 2 is 1.89 bits per heavy atom. The van der Waals surface area contributed by atoms with Crippen LogP contribution < -0.4 is 9.47 Å². The van der Waals surface area contributed by atoms with Gasteiger partial charge in [0.25, 0.3) is 0 Å². The molecule has 152 valence electrons. The van der Waals surface area contributed by atoms with Crippen LogP contribution in [0.25, 0.3) is 0 Å². The standard InChI is InChI=1S/C21H30N4O3/c1-16(14-25-8-7-17(2)22-25)21(26)24-11-9-23(10-12-24)15-18-5-6-19(27-3)13-20(18)28-4/h5-8,13,16H,9-12,14-15H2,1-4H3. The molecule has 2 heterocycles. The number of aromatic nitrogens is 2. The molecule has 7 nitrogen and oxygen atoms in total. The zero-order valence-corrected chi connectivity index (χ0v) is 17.2. The molecule has 0 aliphatic carbocycles. The lowest BCUT2D eigenvalue weighted by Crippen LogP contribution is -2.50. The van der Waals surface area contributed by atoms with Gasteiger partial charge in [0, 0.05) is 50.6 Å². The van der Waals surface area contributed by atoms with E-state index in [1.165, 1.54) is 0 Å². The number of rotatable bonds is 7. The summed E-state index contributed by atoms with van der Waals surface area (Å²) in [5.74, 6) is 1.75. The molecule has 1 aromatic heterocycles. The van der Waals surface area contributed by atoms with E-state index in [2.05, 4.69) is 10.00 Å². The fourth-order valence-electron chi connectivity index (χ4n) is 3.58. The Bertz CT molecular complexity index is 797. The molecular formula is C21H30N4O3.